The van der Waals surface area contributed by atoms with E-state index in [2.05, 4.69) is 5.32 Å². The molecule has 0 atom stereocenters. The number of ether oxygens (including phenoxy) is 1. The van der Waals surface area contributed by atoms with Crippen LogP contribution in [-0.4, -0.2) is 17.4 Å². The predicted molar refractivity (Wildman–Crippen MR) is 83.1 cm³/mol. The van der Waals surface area contributed by atoms with E-state index in [0.717, 1.165) is 11.1 Å². The molecular formula is C16H16N2O4. The van der Waals surface area contributed by atoms with Gasteiger partial charge in [0.2, 0.25) is 0 Å². The number of nitro benzene ring substituents is 1. The molecule has 1 amide bonds. The van der Waals surface area contributed by atoms with Gasteiger partial charge in [0, 0.05) is 11.8 Å². The second kappa shape index (κ2) is 6.71. The van der Waals surface area contributed by atoms with E-state index < -0.39 is 4.92 Å². The largest absolute Gasteiger partial charge is 0.477 e. The van der Waals surface area contributed by atoms with Crippen LogP contribution < -0.4 is 10.1 Å². The molecule has 0 bridgehead atoms. The third-order valence-electron chi connectivity index (χ3n) is 3.09. The molecule has 0 radical (unpaired) electrons. The maximum atomic E-state index is 11.9. The summed E-state index contributed by atoms with van der Waals surface area (Å²) in [6.07, 6.45) is 0. The number of amides is 1. The van der Waals surface area contributed by atoms with Gasteiger partial charge in [0.25, 0.3) is 5.91 Å². The molecule has 0 aliphatic carbocycles. The minimum atomic E-state index is -0.526. The number of rotatable bonds is 5. The lowest BCUT2D eigenvalue weighted by atomic mass is 10.2. The van der Waals surface area contributed by atoms with Gasteiger partial charge >= 0.3 is 5.69 Å². The molecule has 6 heteroatoms. The first-order chi connectivity index (χ1) is 10.5. The van der Waals surface area contributed by atoms with E-state index >= 15 is 0 Å². The lowest BCUT2D eigenvalue weighted by molar-refractivity contribution is -0.385. The number of nitrogens with zero attached hydrogens (tertiary/aromatic N) is 1. The summed E-state index contributed by atoms with van der Waals surface area (Å²) in [7, 11) is 0. The third kappa shape index (κ3) is 3.82. The molecule has 0 aliphatic heterocycles. The Balaban J connectivity index is 2.03. The molecule has 6 nitrogen and oxygen atoms in total. The molecule has 0 saturated heterocycles. The zero-order valence-corrected chi connectivity index (χ0v) is 12.3. The van der Waals surface area contributed by atoms with Gasteiger partial charge in [0.05, 0.1) is 4.92 Å². The Morgan fingerprint density at radius 2 is 1.95 bits per heavy atom. The molecule has 0 fully saturated rings. The number of hydrogen-bond acceptors (Lipinski definition) is 4. The van der Waals surface area contributed by atoms with Crippen LogP contribution in [0.2, 0.25) is 0 Å². The van der Waals surface area contributed by atoms with Crippen molar-refractivity contribution in [3.05, 3.63) is 63.7 Å². The van der Waals surface area contributed by atoms with Crippen molar-refractivity contribution in [1.82, 2.24) is 0 Å². The lowest BCUT2D eigenvalue weighted by Gasteiger charge is -2.09. The monoisotopic (exact) mass is 300 g/mol. The molecular weight excluding hydrogens is 284 g/mol. The minimum Gasteiger partial charge on any atom is -0.477 e. The van der Waals surface area contributed by atoms with Crippen LogP contribution in [0.1, 0.15) is 11.1 Å². The summed E-state index contributed by atoms with van der Waals surface area (Å²) in [4.78, 5) is 22.3. The summed E-state index contributed by atoms with van der Waals surface area (Å²) in [6.45, 7) is 3.33. The standard InChI is InChI=1S/C16H16N2O4/c1-11-7-8-15(14(9-11)18(20)21)22-10-16(19)17-13-6-4-3-5-12(13)2/h3-9H,10H2,1-2H3,(H,17,19). The average molecular weight is 300 g/mol. The highest BCUT2D eigenvalue weighted by Gasteiger charge is 2.16. The number of benzene rings is 2. The number of anilines is 1. The van der Waals surface area contributed by atoms with E-state index in [9.17, 15) is 14.9 Å². The van der Waals surface area contributed by atoms with Crippen molar-refractivity contribution >= 4 is 17.3 Å². The summed E-state index contributed by atoms with van der Waals surface area (Å²) in [6, 6.07) is 11.9. The van der Waals surface area contributed by atoms with Crippen molar-refractivity contribution in [2.24, 2.45) is 0 Å². The summed E-state index contributed by atoms with van der Waals surface area (Å²) in [5.41, 5.74) is 2.22. The van der Waals surface area contributed by atoms with Gasteiger partial charge in [-0.1, -0.05) is 24.3 Å². The van der Waals surface area contributed by atoms with E-state index in [-0.39, 0.29) is 24.0 Å². The molecule has 0 saturated carbocycles. The van der Waals surface area contributed by atoms with Gasteiger partial charge in [-0.05, 0) is 37.1 Å². The molecule has 0 unspecified atom stereocenters. The van der Waals surface area contributed by atoms with Crippen LogP contribution in [0.3, 0.4) is 0 Å². The Labute approximate surface area is 127 Å². The lowest BCUT2D eigenvalue weighted by Crippen LogP contribution is -2.20. The first-order valence-electron chi connectivity index (χ1n) is 6.70. The van der Waals surface area contributed by atoms with Crippen molar-refractivity contribution < 1.29 is 14.5 Å². The molecule has 2 rings (SSSR count). The van der Waals surface area contributed by atoms with E-state index in [1.807, 2.05) is 25.1 Å². The molecule has 0 heterocycles. The van der Waals surface area contributed by atoms with E-state index in [1.165, 1.54) is 12.1 Å². The van der Waals surface area contributed by atoms with Crippen LogP contribution in [0.4, 0.5) is 11.4 Å². The van der Waals surface area contributed by atoms with E-state index in [0.29, 0.717) is 5.69 Å². The fraction of sp³-hybridized carbons (Fsp3) is 0.188. The quantitative estimate of drug-likeness (QED) is 0.679. The number of nitro groups is 1. The van der Waals surface area contributed by atoms with Crippen LogP contribution in [0.15, 0.2) is 42.5 Å². The van der Waals surface area contributed by atoms with Crippen LogP contribution in [0, 0.1) is 24.0 Å². The number of carbonyl (C=O) groups is 1. The fourth-order valence-electron chi connectivity index (χ4n) is 1.93. The summed E-state index contributed by atoms with van der Waals surface area (Å²) in [5.74, 6) is -0.292. The van der Waals surface area contributed by atoms with Crippen molar-refractivity contribution in [2.45, 2.75) is 13.8 Å². The Kier molecular flexibility index (Phi) is 4.73. The normalized spacial score (nSPS) is 10.1. The zero-order chi connectivity index (χ0) is 16.1. The Hall–Kier alpha value is -2.89. The van der Waals surface area contributed by atoms with Crippen LogP contribution in [0.25, 0.3) is 0 Å². The summed E-state index contributed by atoms with van der Waals surface area (Å²) < 4.78 is 5.27. The molecule has 1 N–H and O–H groups in total. The van der Waals surface area contributed by atoms with Gasteiger partial charge < -0.3 is 10.1 Å². The third-order valence-corrected chi connectivity index (χ3v) is 3.09. The van der Waals surface area contributed by atoms with Crippen molar-refractivity contribution in [3.8, 4) is 5.75 Å². The highest BCUT2D eigenvalue weighted by Crippen LogP contribution is 2.27. The molecule has 2 aromatic rings. The second-order valence-corrected chi connectivity index (χ2v) is 4.88. The molecule has 0 aromatic heterocycles. The van der Waals surface area contributed by atoms with Crippen LogP contribution in [0.5, 0.6) is 5.75 Å². The van der Waals surface area contributed by atoms with Crippen LogP contribution in [-0.2, 0) is 4.79 Å². The molecule has 0 spiro atoms. The number of nitrogens with one attached hydrogen (secondary N) is 1. The van der Waals surface area contributed by atoms with Gasteiger partial charge in [-0.25, -0.2) is 0 Å². The van der Waals surface area contributed by atoms with Gasteiger partial charge in [0.15, 0.2) is 12.4 Å². The van der Waals surface area contributed by atoms with Gasteiger partial charge in [-0.2, -0.15) is 0 Å². The first-order valence-corrected chi connectivity index (χ1v) is 6.70. The van der Waals surface area contributed by atoms with Gasteiger partial charge in [0.1, 0.15) is 0 Å². The van der Waals surface area contributed by atoms with E-state index in [1.54, 1.807) is 19.1 Å². The smallest absolute Gasteiger partial charge is 0.311 e. The summed E-state index contributed by atoms with van der Waals surface area (Å²) in [5, 5.41) is 13.7. The minimum absolute atomic E-state index is 0.0792. The second-order valence-electron chi connectivity index (χ2n) is 4.88. The van der Waals surface area contributed by atoms with Gasteiger partial charge in [-0.15, -0.1) is 0 Å². The highest BCUT2D eigenvalue weighted by atomic mass is 16.6. The maximum Gasteiger partial charge on any atom is 0.311 e. The number of carbonyl (C=O) groups excluding carboxylic acids is 1. The maximum absolute atomic E-state index is 11.9. The molecule has 114 valence electrons. The molecule has 22 heavy (non-hydrogen) atoms. The topological polar surface area (TPSA) is 81.5 Å². The first kappa shape index (κ1) is 15.5. The number of hydrogen-bond donors (Lipinski definition) is 1. The average Bonchev–Trinajstić information content (AvgIpc) is 2.48. The Morgan fingerprint density at radius 3 is 2.64 bits per heavy atom. The van der Waals surface area contributed by atoms with Crippen molar-refractivity contribution in [3.63, 3.8) is 0 Å². The Bertz CT molecular complexity index is 713. The Morgan fingerprint density at radius 1 is 1.23 bits per heavy atom. The van der Waals surface area contributed by atoms with E-state index in [4.69, 9.17) is 4.74 Å². The number of aryl methyl sites for hydroxylation is 2. The predicted octanol–water partition coefficient (Wildman–Crippen LogP) is 3.23. The molecule has 0 aliphatic rings. The SMILES string of the molecule is Cc1ccc(OCC(=O)Nc2ccccc2C)c([N+](=O)[O-])c1. The van der Waals surface area contributed by atoms with Crippen molar-refractivity contribution in [2.75, 3.05) is 11.9 Å². The van der Waals surface area contributed by atoms with Gasteiger partial charge in [-0.3, -0.25) is 14.9 Å². The number of para-hydroxylation sites is 1. The van der Waals surface area contributed by atoms with Crippen LogP contribution >= 0.6 is 0 Å². The zero-order valence-electron chi connectivity index (χ0n) is 12.3. The fourth-order valence-corrected chi connectivity index (χ4v) is 1.93. The molecule has 2 aromatic carbocycles. The van der Waals surface area contributed by atoms with Crippen molar-refractivity contribution in [1.29, 1.82) is 0 Å². The summed E-state index contributed by atoms with van der Waals surface area (Å²) >= 11 is 0. The highest BCUT2D eigenvalue weighted by molar-refractivity contribution is 5.92.